The number of hydrazine groups is 1. The highest BCUT2D eigenvalue weighted by atomic mass is 79.9. The van der Waals surface area contributed by atoms with Crippen LogP contribution in [0.4, 0.5) is 0 Å². The van der Waals surface area contributed by atoms with Gasteiger partial charge in [0, 0.05) is 33.1 Å². The summed E-state index contributed by atoms with van der Waals surface area (Å²) in [6.45, 7) is 1.76. The molecule has 168 valence electrons. The predicted octanol–water partition coefficient (Wildman–Crippen LogP) is 3.90. The van der Waals surface area contributed by atoms with Crippen LogP contribution in [0, 0.1) is 6.92 Å². The second kappa shape index (κ2) is 9.83. The summed E-state index contributed by atoms with van der Waals surface area (Å²) < 4.78 is 6.66. The van der Waals surface area contributed by atoms with Crippen LogP contribution in [0.15, 0.2) is 68.6 Å². The number of fused-ring (bicyclic) bond motifs is 1. The Balaban J connectivity index is 1.47. The average molecular weight is 509 g/mol. The molecule has 0 unspecified atom stereocenters. The number of carbonyl (C=O) groups is 3. The average Bonchev–Trinajstić information content (AvgIpc) is 3.19. The van der Waals surface area contributed by atoms with E-state index in [1.807, 2.05) is 6.07 Å². The number of aryl methyl sites for hydroxylation is 1. The van der Waals surface area contributed by atoms with Gasteiger partial charge in [0.2, 0.25) is 0 Å². The van der Waals surface area contributed by atoms with Gasteiger partial charge in [-0.1, -0.05) is 34.1 Å². The van der Waals surface area contributed by atoms with Crippen LogP contribution in [0.25, 0.3) is 0 Å². The van der Waals surface area contributed by atoms with Gasteiger partial charge in [-0.05, 0) is 56.2 Å². The molecule has 0 saturated carbocycles. The summed E-state index contributed by atoms with van der Waals surface area (Å²) in [5, 5.41) is 4.31. The molecule has 0 spiro atoms. The van der Waals surface area contributed by atoms with E-state index >= 15 is 0 Å². The number of nitrogens with one attached hydrogen (secondary N) is 3. The lowest BCUT2D eigenvalue weighted by molar-refractivity contribution is 0.0829. The first-order valence-electron chi connectivity index (χ1n) is 10.3. The largest absolute Gasteiger partial charge is 0.455 e. The maximum absolute atomic E-state index is 12.7. The van der Waals surface area contributed by atoms with Gasteiger partial charge in [0.15, 0.2) is 5.76 Å². The number of benzene rings is 2. The summed E-state index contributed by atoms with van der Waals surface area (Å²) in [6.07, 6.45) is 2.07. The third kappa shape index (κ3) is 5.04. The standard InChI is InChI=1S/C24H21BrN4O4/c1-14-20-18(26-27-22(30)15-6-3-2-4-7-15)8-5-9-19(20)33-21(14)24(32)29-28-23(31)16-10-12-17(25)13-11-16/h2-4,6-7,10-13H,5,8-9H2,1H3,(H,27,30)(H,28,31)(H,29,32)/b26-18+. The third-order valence-electron chi connectivity index (χ3n) is 5.26. The third-order valence-corrected chi connectivity index (χ3v) is 5.78. The van der Waals surface area contributed by atoms with E-state index < -0.39 is 11.8 Å². The predicted molar refractivity (Wildman–Crippen MR) is 126 cm³/mol. The lowest BCUT2D eigenvalue weighted by Crippen LogP contribution is -2.41. The number of carbonyl (C=O) groups excluding carboxylic acids is 3. The fraction of sp³-hybridized carbons (Fsp3) is 0.167. The van der Waals surface area contributed by atoms with Crippen LogP contribution in [0.1, 0.15) is 61.0 Å². The minimum Gasteiger partial charge on any atom is -0.455 e. The van der Waals surface area contributed by atoms with Crippen molar-refractivity contribution in [1.82, 2.24) is 16.3 Å². The summed E-state index contributed by atoms with van der Waals surface area (Å²) in [5.41, 5.74) is 10.3. The molecule has 1 aliphatic rings. The Morgan fingerprint density at radius 3 is 2.27 bits per heavy atom. The minimum atomic E-state index is -0.569. The zero-order chi connectivity index (χ0) is 23.4. The summed E-state index contributed by atoms with van der Waals surface area (Å²) >= 11 is 3.31. The number of halogens is 1. The Bertz CT molecular complexity index is 1230. The molecule has 0 fully saturated rings. The van der Waals surface area contributed by atoms with Crippen molar-refractivity contribution in [3.63, 3.8) is 0 Å². The molecule has 2 aromatic carbocycles. The van der Waals surface area contributed by atoms with E-state index in [1.165, 1.54) is 0 Å². The first-order chi connectivity index (χ1) is 15.9. The molecule has 0 aliphatic heterocycles. The molecular weight excluding hydrogens is 488 g/mol. The molecule has 4 rings (SSSR count). The van der Waals surface area contributed by atoms with Crippen molar-refractivity contribution < 1.29 is 18.8 Å². The topological polar surface area (TPSA) is 113 Å². The smallest absolute Gasteiger partial charge is 0.305 e. The maximum atomic E-state index is 12.7. The lowest BCUT2D eigenvalue weighted by Gasteiger charge is -2.13. The fourth-order valence-corrected chi connectivity index (χ4v) is 3.88. The van der Waals surface area contributed by atoms with Crippen molar-refractivity contribution in [2.45, 2.75) is 26.2 Å². The SMILES string of the molecule is Cc1c(C(=O)NNC(=O)c2ccc(Br)cc2)oc2c1/C(=N/NC(=O)c1ccccc1)CCC2. The van der Waals surface area contributed by atoms with Gasteiger partial charge in [0.25, 0.3) is 11.8 Å². The zero-order valence-corrected chi connectivity index (χ0v) is 19.4. The Hall–Kier alpha value is -3.72. The highest BCUT2D eigenvalue weighted by molar-refractivity contribution is 9.10. The maximum Gasteiger partial charge on any atom is 0.305 e. The number of hydrogen-bond acceptors (Lipinski definition) is 5. The van der Waals surface area contributed by atoms with Crippen molar-refractivity contribution in [1.29, 1.82) is 0 Å². The molecule has 1 aliphatic carbocycles. The Labute approximate surface area is 198 Å². The van der Waals surface area contributed by atoms with Gasteiger partial charge < -0.3 is 4.42 Å². The number of furan rings is 1. The van der Waals surface area contributed by atoms with Crippen LogP contribution >= 0.6 is 15.9 Å². The van der Waals surface area contributed by atoms with E-state index in [-0.39, 0.29) is 11.7 Å². The fourth-order valence-electron chi connectivity index (χ4n) is 3.61. The Morgan fingerprint density at radius 1 is 0.879 bits per heavy atom. The van der Waals surface area contributed by atoms with Gasteiger partial charge in [0.05, 0.1) is 5.71 Å². The molecule has 1 aromatic heterocycles. The summed E-state index contributed by atoms with van der Waals surface area (Å²) in [6, 6.07) is 15.5. The van der Waals surface area contributed by atoms with Crippen molar-refractivity contribution in [2.75, 3.05) is 0 Å². The van der Waals surface area contributed by atoms with E-state index in [9.17, 15) is 14.4 Å². The summed E-state index contributed by atoms with van der Waals surface area (Å²) in [7, 11) is 0. The van der Waals surface area contributed by atoms with Crippen LogP contribution in [0.5, 0.6) is 0 Å². The molecule has 9 heteroatoms. The van der Waals surface area contributed by atoms with Crippen LogP contribution in [-0.2, 0) is 6.42 Å². The molecule has 0 atom stereocenters. The minimum absolute atomic E-state index is 0.0973. The molecule has 33 heavy (non-hydrogen) atoms. The molecule has 1 heterocycles. The Kier molecular flexibility index (Phi) is 6.69. The van der Waals surface area contributed by atoms with Gasteiger partial charge in [-0.25, -0.2) is 5.43 Å². The van der Waals surface area contributed by atoms with Crippen LogP contribution in [0.3, 0.4) is 0 Å². The van der Waals surface area contributed by atoms with Gasteiger partial charge >= 0.3 is 5.91 Å². The van der Waals surface area contributed by atoms with Crippen molar-refractivity contribution >= 4 is 39.4 Å². The van der Waals surface area contributed by atoms with Gasteiger partial charge in [-0.3, -0.25) is 25.2 Å². The van der Waals surface area contributed by atoms with Crippen LogP contribution < -0.4 is 16.3 Å². The van der Waals surface area contributed by atoms with E-state index in [0.29, 0.717) is 41.0 Å². The monoisotopic (exact) mass is 508 g/mol. The Morgan fingerprint density at radius 2 is 1.55 bits per heavy atom. The number of rotatable bonds is 4. The molecule has 0 radical (unpaired) electrons. The molecule has 3 aromatic rings. The van der Waals surface area contributed by atoms with Gasteiger partial charge in [-0.15, -0.1) is 0 Å². The zero-order valence-electron chi connectivity index (χ0n) is 17.8. The number of hydrazone groups is 1. The molecule has 0 bridgehead atoms. The van der Waals surface area contributed by atoms with Crippen molar-refractivity contribution in [2.24, 2.45) is 5.10 Å². The second-order valence-corrected chi connectivity index (χ2v) is 8.40. The number of nitrogens with zero attached hydrogens (tertiary/aromatic N) is 1. The molecule has 0 saturated heterocycles. The first kappa shape index (κ1) is 22.5. The number of hydrogen-bond donors (Lipinski definition) is 3. The normalized spacial score (nSPS) is 13.8. The van der Waals surface area contributed by atoms with Crippen molar-refractivity contribution in [3.8, 4) is 0 Å². The molecule has 3 N–H and O–H groups in total. The van der Waals surface area contributed by atoms with E-state index in [1.54, 1.807) is 55.5 Å². The molecule has 8 nitrogen and oxygen atoms in total. The van der Waals surface area contributed by atoms with E-state index in [4.69, 9.17) is 4.42 Å². The van der Waals surface area contributed by atoms with Crippen LogP contribution in [-0.4, -0.2) is 23.4 Å². The van der Waals surface area contributed by atoms with E-state index in [2.05, 4.69) is 37.3 Å². The number of amides is 3. The first-order valence-corrected chi connectivity index (χ1v) is 11.1. The van der Waals surface area contributed by atoms with Crippen molar-refractivity contribution in [3.05, 3.63) is 92.8 Å². The van der Waals surface area contributed by atoms with Crippen LogP contribution in [0.2, 0.25) is 0 Å². The highest BCUT2D eigenvalue weighted by Gasteiger charge is 2.28. The second-order valence-electron chi connectivity index (χ2n) is 7.49. The van der Waals surface area contributed by atoms with Gasteiger partial charge in [0.1, 0.15) is 5.76 Å². The molecule has 3 amide bonds. The summed E-state index contributed by atoms with van der Waals surface area (Å²) in [4.78, 5) is 37.3. The van der Waals surface area contributed by atoms with Gasteiger partial charge in [-0.2, -0.15) is 5.10 Å². The lowest BCUT2D eigenvalue weighted by atomic mass is 9.93. The van der Waals surface area contributed by atoms with E-state index in [0.717, 1.165) is 16.5 Å². The quantitative estimate of drug-likeness (QED) is 0.463. The molecular formula is C24H21BrN4O4. The highest BCUT2D eigenvalue weighted by Crippen LogP contribution is 2.29. The summed E-state index contributed by atoms with van der Waals surface area (Å²) in [5.74, 6) is -0.600.